The Balaban J connectivity index is 2.47. The van der Waals surface area contributed by atoms with E-state index in [0.29, 0.717) is 23.8 Å². The number of rotatable bonds is 7. The van der Waals surface area contributed by atoms with Crippen molar-refractivity contribution in [2.75, 3.05) is 11.9 Å². The average molecular weight is 274 g/mol. The number of carbonyl (C=O) groups is 1. The quantitative estimate of drug-likeness (QED) is 0.829. The Morgan fingerprint density at radius 2 is 2.20 bits per heavy atom. The van der Waals surface area contributed by atoms with E-state index in [-0.39, 0.29) is 5.91 Å². The summed E-state index contributed by atoms with van der Waals surface area (Å²) in [6.07, 6.45) is 1.71. The van der Waals surface area contributed by atoms with Crippen LogP contribution < -0.4 is 5.32 Å². The van der Waals surface area contributed by atoms with Crippen LogP contribution in [0.15, 0.2) is 24.3 Å². The van der Waals surface area contributed by atoms with Gasteiger partial charge in [0.05, 0.1) is 18.2 Å². The van der Waals surface area contributed by atoms with Gasteiger partial charge < -0.3 is 10.1 Å². The molecule has 1 aromatic rings. The minimum atomic E-state index is -0.500. The minimum Gasteiger partial charge on any atom is -0.368 e. The largest absolute Gasteiger partial charge is 0.368 e. The Morgan fingerprint density at radius 1 is 1.45 bits per heavy atom. The molecule has 1 aromatic carbocycles. The number of carbonyl (C=O) groups excluding carboxylic acids is 1. The molecule has 1 N–H and O–H groups in total. The summed E-state index contributed by atoms with van der Waals surface area (Å²) in [6.45, 7) is 6.57. The average Bonchev–Trinajstić information content (AvgIpc) is 2.45. The van der Waals surface area contributed by atoms with E-state index in [2.05, 4.69) is 19.2 Å². The van der Waals surface area contributed by atoms with Crippen LogP contribution in [0.4, 0.5) is 5.69 Å². The van der Waals surface area contributed by atoms with E-state index in [1.165, 1.54) is 0 Å². The number of nitriles is 1. The van der Waals surface area contributed by atoms with Gasteiger partial charge in [-0.2, -0.15) is 5.26 Å². The maximum absolute atomic E-state index is 12.0. The van der Waals surface area contributed by atoms with Gasteiger partial charge in [-0.1, -0.05) is 26.3 Å². The first-order chi connectivity index (χ1) is 9.56. The molecule has 0 aromatic heterocycles. The Morgan fingerprint density at radius 3 is 2.85 bits per heavy atom. The van der Waals surface area contributed by atoms with E-state index in [1.807, 2.05) is 6.07 Å². The van der Waals surface area contributed by atoms with Crippen molar-refractivity contribution in [1.82, 2.24) is 0 Å². The number of ether oxygens (including phenoxy) is 1. The number of hydrogen-bond acceptors (Lipinski definition) is 3. The molecule has 0 aliphatic rings. The standard InChI is InChI=1S/C16H22N2O2/c1-4-6-12(2)11-20-13(3)16(19)18-15-8-5-7-14(9-15)10-17/h5,7-9,12-13H,4,6,11H2,1-3H3,(H,18,19). The Hall–Kier alpha value is -1.86. The maximum atomic E-state index is 12.0. The summed E-state index contributed by atoms with van der Waals surface area (Å²) >= 11 is 0. The number of amides is 1. The molecule has 0 aliphatic carbocycles. The highest BCUT2D eigenvalue weighted by molar-refractivity contribution is 5.94. The van der Waals surface area contributed by atoms with Crippen LogP contribution in [0.25, 0.3) is 0 Å². The van der Waals surface area contributed by atoms with Crippen molar-refractivity contribution in [3.05, 3.63) is 29.8 Å². The Bertz CT molecular complexity index is 480. The number of nitrogens with zero attached hydrogens (tertiary/aromatic N) is 1. The van der Waals surface area contributed by atoms with Gasteiger partial charge in [0.1, 0.15) is 6.10 Å². The predicted octanol–water partition coefficient (Wildman–Crippen LogP) is 3.34. The van der Waals surface area contributed by atoms with Crippen LogP contribution in [0.3, 0.4) is 0 Å². The van der Waals surface area contributed by atoms with Gasteiger partial charge >= 0.3 is 0 Å². The van der Waals surface area contributed by atoms with Crippen LogP contribution in [0, 0.1) is 17.2 Å². The van der Waals surface area contributed by atoms with E-state index < -0.39 is 6.10 Å². The topological polar surface area (TPSA) is 62.1 Å². The molecule has 20 heavy (non-hydrogen) atoms. The number of anilines is 1. The zero-order valence-corrected chi connectivity index (χ0v) is 12.3. The summed E-state index contributed by atoms with van der Waals surface area (Å²) in [6, 6.07) is 8.88. The SMILES string of the molecule is CCCC(C)COC(C)C(=O)Nc1cccc(C#N)c1. The Kier molecular flexibility index (Phi) is 6.75. The Labute approximate surface area is 120 Å². The fraction of sp³-hybridized carbons (Fsp3) is 0.500. The molecular weight excluding hydrogens is 252 g/mol. The third kappa shape index (κ3) is 5.41. The zero-order chi connectivity index (χ0) is 15.0. The highest BCUT2D eigenvalue weighted by Crippen LogP contribution is 2.11. The second-order valence-corrected chi connectivity index (χ2v) is 5.05. The summed E-state index contributed by atoms with van der Waals surface area (Å²) in [4.78, 5) is 12.0. The molecule has 1 amide bonds. The van der Waals surface area contributed by atoms with Gasteiger partial charge in [-0.25, -0.2) is 0 Å². The van der Waals surface area contributed by atoms with Crippen LogP contribution in [-0.4, -0.2) is 18.6 Å². The van der Waals surface area contributed by atoms with Crippen molar-refractivity contribution >= 4 is 11.6 Å². The summed E-state index contributed by atoms with van der Waals surface area (Å²) in [7, 11) is 0. The van der Waals surface area contributed by atoms with E-state index in [0.717, 1.165) is 12.8 Å². The molecule has 0 radical (unpaired) electrons. The van der Waals surface area contributed by atoms with Crippen LogP contribution >= 0.6 is 0 Å². The van der Waals surface area contributed by atoms with Crippen molar-refractivity contribution < 1.29 is 9.53 Å². The summed E-state index contributed by atoms with van der Waals surface area (Å²) in [5.41, 5.74) is 1.14. The van der Waals surface area contributed by atoms with Gasteiger partial charge in [0.25, 0.3) is 5.91 Å². The molecule has 0 heterocycles. The van der Waals surface area contributed by atoms with Gasteiger partial charge in [-0.3, -0.25) is 4.79 Å². The molecule has 108 valence electrons. The van der Waals surface area contributed by atoms with E-state index in [4.69, 9.17) is 10.00 Å². The first-order valence-corrected chi connectivity index (χ1v) is 6.99. The summed E-state index contributed by atoms with van der Waals surface area (Å²) < 4.78 is 5.57. The van der Waals surface area contributed by atoms with Gasteiger partial charge in [0.15, 0.2) is 0 Å². The third-order valence-electron chi connectivity index (χ3n) is 3.04. The molecule has 0 aliphatic heterocycles. The maximum Gasteiger partial charge on any atom is 0.253 e. The normalized spacial score (nSPS) is 13.3. The van der Waals surface area contributed by atoms with Crippen LogP contribution in [0.5, 0.6) is 0 Å². The second-order valence-electron chi connectivity index (χ2n) is 5.05. The van der Waals surface area contributed by atoms with Crippen molar-refractivity contribution in [1.29, 1.82) is 5.26 Å². The first-order valence-electron chi connectivity index (χ1n) is 6.99. The van der Waals surface area contributed by atoms with Crippen LogP contribution in [0.1, 0.15) is 39.2 Å². The minimum absolute atomic E-state index is 0.191. The van der Waals surface area contributed by atoms with Crippen molar-refractivity contribution in [2.45, 2.75) is 39.7 Å². The van der Waals surface area contributed by atoms with E-state index >= 15 is 0 Å². The number of hydrogen-bond donors (Lipinski definition) is 1. The molecule has 0 saturated heterocycles. The van der Waals surface area contributed by atoms with Gasteiger partial charge in [-0.15, -0.1) is 0 Å². The molecule has 4 heteroatoms. The van der Waals surface area contributed by atoms with Crippen LogP contribution in [0.2, 0.25) is 0 Å². The summed E-state index contributed by atoms with van der Waals surface area (Å²) in [5.74, 6) is 0.265. The fourth-order valence-corrected chi connectivity index (χ4v) is 1.87. The van der Waals surface area contributed by atoms with Crippen molar-refractivity contribution in [3.63, 3.8) is 0 Å². The monoisotopic (exact) mass is 274 g/mol. The molecular formula is C16H22N2O2. The first kappa shape index (κ1) is 16.2. The smallest absolute Gasteiger partial charge is 0.253 e. The lowest BCUT2D eigenvalue weighted by atomic mass is 10.1. The fourth-order valence-electron chi connectivity index (χ4n) is 1.87. The van der Waals surface area contributed by atoms with Gasteiger partial charge in [0.2, 0.25) is 0 Å². The van der Waals surface area contributed by atoms with Crippen molar-refractivity contribution in [2.24, 2.45) is 5.92 Å². The van der Waals surface area contributed by atoms with E-state index in [1.54, 1.807) is 31.2 Å². The molecule has 1 rings (SSSR count). The molecule has 0 saturated carbocycles. The zero-order valence-electron chi connectivity index (χ0n) is 12.3. The highest BCUT2D eigenvalue weighted by atomic mass is 16.5. The highest BCUT2D eigenvalue weighted by Gasteiger charge is 2.15. The lowest BCUT2D eigenvalue weighted by Crippen LogP contribution is -2.29. The van der Waals surface area contributed by atoms with Crippen molar-refractivity contribution in [3.8, 4) is 6.07 Å². The molecule has 2 atom stereocenters. The molecule has 0 spiro atoms. The number of benzene rings is 1. The van der Waals surface area contributed by atoms with Gasteiger partial charge in [-0.05, 0) is 37.5 Å². The lowest BCUT2D eigenvalue weighted by Gasteiger charge is -2.16. The third-order valence-corrected chi connectivity index (χ3v) is 3.04. The molecule has 4 nitrogen and oxygen atoms in total. The second kappa shape index (κ2) is 8.34. The summed E-state index contributed by atoms with van der Waals surface area (Å²) in [5, 5.41) is 11.6. The lowest BCUT2D eigenvalue weighted by molar-refractivity contribution is -0.127. The molecule has 0 bridgehead atoms. The number of nitrogens with one attached hydrogen (secondary N) is 1. The predicted molar refractivity (Wildman–Crippen MR) is 79.3 cm³/mol. The molecule has 2 unspecified atom stereocenters. The molecule has 0 fully saturated rings. The van der Waals surface area contributed by atoms with E-state index in [9.17, 15) is 4.79 Å². The van der Waals surface area contributed by atoms with Gasteiger partial charge in [0, 0.05) is 5.69 Å². The van der Waals surface area contributed by atoms with Crippen LogP contribution in [-0.2, 0) is 9.53 Å².